The summed E-state index contributed by atoms with van der Waals surface area (Å²) < 4.78 is 5.12. The monoisotopic (exact) mass is 396 g/mol. The molecule has 0 unspecified atom stereocenters. The smallest absolute Gasteiger partial charge is 0.408 e. The van der Waals surface area contributed by atoms with Crippen LogP contribution < -0.4 is 16.1 Å². The van der Waals surface area contributed by atoms with Crippen molar-refractivity contribution in [2.45, 2.75) is 26.0 Å². The Labute approximate surface area is 168 Å². The van der Waals surface area contributed by atoms with Crippen molar-refractivity contribution in [1.82, 2.24) is 21.0 Å². The minimum absolute atomic E-state index is 0. The summed E-state index contributed by atoms with van der Waals surface area (Å²) in [6.07, 6.45) is -0.228. The SMILES string of the molecule is C=C(C)NOCCNC(=O)CN1CC[C@H](NC(=O)OCc2ccccc2)C1=O.[HH].[HH].[HH]. The van der Waals surface area contributed by atoms with Gasteiger partial charge < -0.3 is 20.3 Å². The van der Waals surface area contributed by atoms with Gasteiger partial charge in [-0.3, -0.25) is 19.9 Å². The van der Waals surface area contributed by atoms with Gasteiger partial charge in [0.05, 0.1) is 13.2 Å². The van der Waals surface area contributed by atoms with Crippen LogP contribution in [0.2, 0.25) is 0 Å². The zero-order chi connectivity index (χ0) is 20.4. The first-order valence-electron chi connectivity index (χ1n) is 9.01. The number of nitrogens with zero attached hydrogens (tertiary/aromatic N) is 1. The van der Waals surface area contributed by atoms with Crippen LogP contribution in [0.25, 0.3) is 0 Å². The van der Waals surface area contributed by atoms with Gasteiger partial charge in [-0.25, -0.2) is 4.79 Å². The van der Waals surface area contributed by atoms with E-state index < -0.39 is 12.1 Å². The van der Waals surface area contributed by atoms with Gasteiger partial charge in [0, 0.05) is 23.1 Å². The van der Waals surface area contributed by atoms with Gasteiger partial charge in [-0.2, -0.15) is 0 Å². The summed E-state index contributed by atoms with van der Waals surface area (Å²) in [5.74, 6) is -0.591. The Morgan fingerprint density at radius 1 is 1.32 bits per heavy atom. The largest absolute Gasteiger partial charge is 0.445 e. The fraction of sp³-hybridized carbons (Fsp3) is 0.421. The molecule has 1 fully saturated rings. The van der Waals surface area contributed by atoms with Crippen molar-refractivity contribution in [2.24, 2.45) is 0 Å². The number of carbonyl (C=O) groups is 3. The Hall–Kier alpha value is -3.07. The van der Waals surface area contributed by atoms with Crippen LogP contribution in [0.5, 0.6) is 0 Å². The lowest BCUT2D eigenvalue weighted by Crippen LogP contribution is -2.44. The number of ether oxygens (including phenoxy) is 1. The van der Waals surface area contributed by atoms with Gasteiger partial charge in [-0.15, -0.1) is 0 Å². The first-order chi connectivity index (χ1) is 13.5. The maximum absolute atomic E-state index is 12.3. The topological polar surface area (TPSA) is 109 Å². The zero-order valence-electron chi connectivity index (χ0n) is 15.9. The number of likely N-dealkylation sites (tertiary alicyclic amines) is 1. The molecule has 0 saturated carbocycles. The number of benzene rings is 1. The van der Waals surface area contributed by atoms with Crippen LogP contribution in [0, 0.1) is 0 Å². The third-order valence-corrected chi connectivity index (χ3v) is 3.91. The van der Waals surface area contributed by atoms with Gasteiger partial charge in [0.25, 0.3) is 0 Å². The molecule has 9 heteroatoms. The second-order valence-corrected chi connectivity index (χ2v) is 6.39. The highest BCUT2D eigenvalue weighted by Gasteiger charge is 2.34. The number of nitrogens with one attached hydrogen (secondary N) is 3. The first kappa shape index (κ1) is 21.2. The van der Waals surface area contributed by atoms with E-state index in [1.54, 1.807) is 6.92 Å². The number of carbonyl (C=O) groups excluding carboxylic acids is 3. The quantitative estimate of drug-likeness (QED) is 0.408. The minimum atomic E-state index is -0.681. The molecule has 0 aliphatic carbocycles. The molecule has 1 heterocycles. The number of alkyl carbamates (subject to hydrolysis) is 1. The van der Waals surface area contributed by atoms with Crippen LogP contribution in [0.1, 0.15) is 23.2 Å². The van der Waals surface area contributed by atoms with Crippen LogP contribution in [0.4, 0.5) is 4.79 Å². The zero-order valence-corrected chi connectivity index (χ0v) is 15.9. The highest BCUT2D eigenvalue weighted by Crippen LogP contribution is 2.11. The van der Waals surface area contributed by atoms with Gasteiger partial charge in [0.2, 0.25) is 11.8 Å². The lowest BCUT2D eigenvalue weighted by Gasteiger charge is -2.17. The normalized spacial score (nSPS) is 15.8. The summed E-state index contributed by atoms with van der Waals surface area (Å²) in [4.78, 5) is 42.6. The van der Waals surface area contributed by atoms with Crippen LogP contribution in [0.3, 0.4) is 0 Å². The van der Waals surface area contributed by atoms with E-state index in [1.807, 2.05) is 30.3 Å². The number of hydrogen-bond acceptors (Lipinski definition) is 6. The standard InChI is InChI=1S/C19H26N4O5.3H2/c1-14(2)22-28-11-9-20-17(24)12-23-10-8-16(18(23)25)21-19(26)27-13-15-6-4-3-5-7-15;;;/h3-7,16,22H,1,8-13H2,2H3,(H,20,24)(H,21,26);3*1H/t16-;;;/m0.../s1. The molecule has 1 atom stereocenters. The molecule has 0 radical (unpaired) electrons. The molecule has 2 rings (SSSR count). The maximum atomic E-state index is 12.3. The van der Waals surface area contributed by atoms with Crippen molar-refractivity contribution >= 4 is 17.9 Å². The molecule has 158 valence electrons. The molecule has 9 nitrogen and oxygen atoms in total. The fourth-order valence-corrected chi connectivity index (χ4v) is 2.58. The minimum Gasteiger partial charge on any atom is -0.445 e. The van der Waals surface area contributed by atoms with E-state index in [2.05, 4.69) is 22.7 Å². The predicted octanol–water partition coefficient (Wildman–Crippen LogP) is 1.42. The van der Waals surface area contributed by atoms with Crippen LogP contribution in [-0.2, 0) is 25.8 Å². The summed E-state index contributed by atoms with van der Waals surface area (Å²) in [6.45, 7) is 6.38. The molecule has 1 aliphatic heterocycles. The summed E-state index contributed by atoms with van der Waals surface area (Å²) in [7, 11) is 0. The highest BCUT2D eigenvalue weighted by atomic mass is 16.6. The molecular weight excluding hydrogens is 364 g/mol. The number of rotatable bonds is 10. The Morgan fingerprint density at radius 2 is 2.07 bits per heavy atom. The highest BCUT2D eigenvalue weighted by molar-refractivity contribution is 5.91. The average molecular weight is 396 g/mol. The molecule has 0 aromatic heterocycles. The van der Waals surface area contributed by atoms with E-state index in [0.29, 0.717) is 25.2 Å². The van der Waals surface area contributed by atoms with Gasteiger partial charge in [0.15, 0.2) is 0 Å². The lowest BCUT2D eigenvalue weighted by atomic mass is 10.2. The molecule has 0 bridgehead atoms. The molecule has 1 saturated heterocycles. The Balaban J connectivity index is 0. The van der Waals surface area contributed by atoms with Crippen LogP contribution in [0.15, 0.2) is 42.6 Å². The van der Waals surface area contributed by atoms with E-state index in [9.17, 15) is 14.4 Å². The third kappa shape index (κ3) is 7.28. The number of amides is 3. The molecule has 1 aromatic rings. The first-order valence-corrected chi connectivity index (χ1v) is 9.01. The van der Waals surface area contributed by atoms with Crippen molar-refractivity contribution in [3.63, 3.8) is 0 Å². The Kier molecular flexibility index (Phi) is 8.29. The van der Waals surface area contributed by atoms with Crippen LogP contribution >= 0.6 is 0 Å². The number of hydrogen-bond donors (Lipinski definition) is 3. The average Bonchev–Trinajstić information content (AvgIpc) is 3.00. The van der Waals surface area contributed by atoms with Gasteiger partial charge in [-0.1, -0.05) is 36.9 Å². The van der Waals surface area contributed by atoms with E-state index in [-0.39, 0.29) is 35.9 Å². The predicted molar refractivity (Wildman–Crippen MR) is 108 cm³/mol. The van der Waals surface area contributed by atoms with Gasteiger partial charge in [0.1, 0.15) is 12.6 Å². The Bertz CT molecular complexity index is 709. The van der Waals surface area contributed by atoms with Gasteiger partial charge in [-0.05, 0) is 18.9 Å². The fourth-order valence-electron chi connectivity index (χ4n) is 2.58. The number of allylic oxidation sites excluding steroid dienone is 1. The molecule has 28 heavy (non-hydrogen) atoms. The van der Waals surface area contributed by atoms with E-state index >= 15 is 0 Å². The van der Waals surface area contributed by atoms with E-state index in [0.717, 1.165) is 5.56 Å². The molecular formula is C19H32N4O5. The van der Waals surface area contributed by atoms with Crippen LogP contribution in [-0.4, -0.2) is 55.1 Å². The molecule has 3 N–H and O–H groups in total. The number of hydroxylamine groups is 1. The molecule has 3 amide bonds. The Morgan fingerprint density at radius 3 is 2.79 bits per heavy atom. The van der Waals surface area contributed by atoms with Crippen molar-refractivity contribution < 1.29 is 28.2 Å². The van der Waals surface area contributed by atoms with Gasteiger partial charge >= 0.3 is 6.09 Å². The van der Waals surface area contributed by atoms with Crippen molar-refractivity contribution in [1.29, 1.82) is 0 Å². The summed E-state index contributed by atoms with van der Waals surface area (Å²) in [6, 6.07) is 8.57. The van der Waals surface area contributed by atoms with Crippen molar-refractivity contribution in [2.75, 3.05) is 26.2 Å². The third-order valence-electron chi connectivity index (χ3n) is 3.91. The van der Waals surface area contributed by atoms with Crippen molar-refractivity contribution in [3.05, 3.63) is 48.2 Å². The molecule has 1 aromatic carbocycles. The van der Waals surface area contributed by atoms with E-state index in [1.165, 1.54) is 4.90 Å². The second-order valence-electron chi connectivity index (χ2n) is 6.39. The summed E-state index contributed by atoms with van der Waals surface area (Å²) in [5, 5.41) is 5.21. The molecule has 0 spiro atoms. The summed E-state index contributed by atoms with van der Waals surface area (Å²) in [5.41, 5.74) is 4.10. The second kappa shape index (κ2) is 10.9. The lowest BCUT2D eigenvalue weighted by molar-refractivity contribution is -0.134. The molecule has 1 aliphatic rings. The maximum Gasteiger partial charge on any atom is 0.408 e. The summed E-state index contributed by atoms with van der Waals surface area (Å²) >= 11 is 0. The van der Waals surface area contributed by atoms with Crippen molar-refractivity contribution in [3.8, 4) is 0 Å². The van der Waals surface area contributed by atoms with E-state index in [4.69, 9.17) is 9.57 Å².